The fraction of sp³-hybridized carbons (Fsp3) is 0. The zero-order chi connectivity index (χ0) is 31.4. The van der Waals surface area contributed by atoms with Crippen LogP contribution >= 0.6 is 18.9 Å². The van der Waals surface area contributed by atoms with Gasteiger partial charge in [-0.1, -0.05) is 102 Å². The van der Waals surface area contributed by atoms with Gasteiger partial charge in [-0.25, -0.2) is 0 Å². The molecule has 0 saturated carbocycles. The average Bonchev–Trinajstić information content (AvgIpc) is 3.11. The Morgan fingerprint density at radius 3 is 1.45 bits per heavy atom. The maximum atomic E-state index is 16.2. The summed E-state index contributed by atoms with van der Waals surface area (Å²) in [5, 5.41) is 1.87. The van der Waals surface area contributed by atoms with E-state index in [-0.39, 0.29) is 0 Å². The number of ether oxygens (including phenoxy) is 2. The molecule has 1 unspecified atom stereocenters. The van der Waals surface area contributed by atoms with E-state index in [1.807, 2.05) is 127 Å². The molecule has 47 heavy (non-hydrogen) atoms. The first-order valence-electron chi connectivity index (χ1n) is 15.0. The number of rotatable bonds is 0. The molecule has 6 aromatic carbocycles. The van der Waals surface area contributed by atoms with Crippen molar-refractivity contribution in [3.05, 3.63) is 161 Å². The predicted molar refractivity (Wildman–Crippen MR) is 187 cm³/mol. The first-order valence-corrected chi connectivity index (χ1v) is 17.6. The molecule has 3 nitrogen and oxygen atoms in total. The molecule has 3 aliphatic heterocycles. The van der Waals surface area contributed by atoms with Crippen LogP contribution in [0.4, 0.5) is 0 Å². The van der Waals surface area contributed by atoms with Gasteiger partial charge < -0.3 is 14.0 Å². The molecule has 0 spiro atoms. The molecule has 6 aromatic rings. The van der Waals surface area contributed by atoms with Gasteiger partial charge in [0.2, 0.25) is 0 Å². The summed E-state index contributed by atoms with van der Waals surface area (Å²) >= 11 is 1.55. The molecule has 0 N–H and O–H groups in total. The molecule has 3 heterocycles. The Morgan fingerprint density at radius 1 is 0.447 bits per heavy atom. The zero-order valence-corrected chi connectivity index (χ0v) is 26.4. The first kappa shape index (κ1) is 27.5. The molecule has 0 saturated heterocycles. The minimum Gasteiger partial charge on any atom is -0.454 e. The molecule has 5 heteroatoms. The summed E-state index contributed by atoms with van der Waals surface area (Å²) in [7, 11) is -3.53. The molecule has 218 valence electrons. The summed E-state index contributed by atoms with van der Waals surface area (Å²) in [5.74, 6) is 21.8. The topological polar surface area (TPSA) is 35.5 Å². The normalized spacial score (nSPS) is 15.1. The average molecular weight is 637 g/mol. The van der Waals surface area contributed by atoms with E-state index in [4.69, 9.17) is 9.47 Å². The van der Waals surface area contributed by atoms with Crippen LogP contribution < -0.4 is 25.4 Å². The molecule has 3 aliphatic rings. The van der Waals surface area contributed by atoms with Crippen LogP contribution in [0.2, 0.25) is 0 Å². The SMILES string of the molecule is O=P12c3c4ccc(C#Cc5ccccc5)c3Oc3ccc(C#Cc5ccccc5)c(c31)Sc1ccc(C#Cc3ccccc3)c(c12)O4. The minimum atomic E-state index is -3.53. The van der Waals surface area contributed by atoms with Crippen molar-refractivity contribution in [3.8, 4) is 58.5 Å². The second-order valence-corrected chi connectivity index (χ2v) is 14.7. The van der Waals surface area contributed by atoms with Crippen molar-refractivity contribution >= 4 is 34.8 Å². The second kappa shape index (κ2) is 10.9. The van der Waals surface area contributed by atoms with Crippen LogP contribution in [0.1, 0.15) is 33.4 Å². The van der Waals surface area contributed by atoms with Crippen LogP contribution in [0.25, 0.3) is 0 Å². The van der Waals surface area contributed by atoms with Crippen molar-refractivity contribution in [2.24, 2.45) is 0 Å². The maximum Gasteiger partial charge on any atom is 0.188 e. The van der Waals surface area contributed by atoms with Crippen LogP contribution in [-0.2, 0) is 4.57 Å². The number of hydrogen-bond acceptors (Lipinski definition) is 4. The number of benzene rings is 6. The van der Waals surface area contributed by atoms with E-state index < -0.39 is 7.14 Å². The molecule has 0 aromatic heterocycles. The summed E-state index contributed by atoms with van der Waals surface area (Å²) < 4.78 is 29.5. The smallest absolute Gasteiger partial charge is 0.188 e. The van der Waals surface area contributed by atoms with Gasteiger partial charge in [0.15, 0.2) is 18.6 Å². The third-order valence-corrected chi connectivity index (χ3v) is 12.9. The Balaban J connectivity index is 1.29. The highest BCUT2D eigenvalue weighted by atomic mass is 32.2. The highest BCUT2D eigenvalue weighted by Crippen LogP contribution is 2.64. The Kier molecular flexibility index (Phi) is 6.38. The molecule has 0 amide bonds. The van der Waals surface area contributed by atoms with E-state index in [2.05, 4.69) is 35.5 Å². The van der Waals surface area contributed by atoms with Gasteiger partial charge in [0, 0.05) is 32.0 Å². The van der Waals surface area contributed by atoms with Crippen LogP contribution in [-0.4, -0.2) is 0 Å². The van der Waals surface area contributed by atoms with Crippen LogP contribution in [0, 0.1) is 35.5 Å². The van der Waals surface area contributed by atoms with Crippen molar-refractivity contribution in [2.75, 3.05) is 0 Å². The van der Waals surface area contributed by atoms with Gasteiger partial charge >= 0.3 is 0 Å². The van der Waals surface area contributed by atoms with Gasteiger partial charge in [-0.3, -0.25) is 0 Å². The van der Waals surface area contributed by atoms with Crippen molar-refractivity contribution in [1.29, 1.82) is 0 Å². The fourth-order valence-electron chi connectivity index (χ4n) is 6.05. The fourth-order valence-corrected chi connectivity index (χ4v) is 11.3. The quantitative estimate of drug-likeness (QED) is 0.124. The Bertz CT molecular complexity index is 2240. The summed E-state index contributed by atoms with van der Waals surface area (Å²) in [6.07, 6.45) is 0. The molecule has 9 rings (SSSR count). The van der Waals surface area contributed by atoms with Gasteiger partial charge in [0.05, 0.1) is 21.7 Å². The third kappa shape index (κ3) is 4.49. The highest BCUT2D eigenvalue weighted by Gasteiger charge is 2.52. The molecule has 0 radical (unpaired) electrons. The zero-order valence-electron chi connectivity index (χ0n) is 24.7. The third-order valence-electron chi connectivity index (χ3n) is 8.21. The number of hydrogen-bond donors (Lipinski definition) is 0. The predicted octanol–water partition coefficient (Wildman–Crippen LogP) is 8.20. The Hall–Kier alpha value is -5.82. The van der Waals surface area contributed by atoms with E-state index in [1.54, 1.807) is 11.8 Å². The molecule has 0 bridgehead atoms. The maximum absolute atomic E-state index is 16.2. The monoisotopic (exact) mass is 636 g/mol. The van der Waals surface area contributed by atoms with Crippen LogP contribution in [0.3, 0.4) is 0 Å². The lowest BCUT2D eigenvalue weighted by molar-refractivity contribution is 0.458. The van der Waals surface area contributed by atoms with Gasteiger partial charge in [-0.2, -0.15) is 0 Å². The lowest BCUT2D eigenvalue weighted by atomic mass is 10.1. The molecule has 0 fully saturated rings. The largest absolute Gasteiger partial charge is 0.454 e. The molecular weight excluding hydrogens is 616 g/mol. The molecule has 1 atom stereocenters. The standard InChI is InChI=1S/C42H21O3PS/c43-46-39-34-25-22-31(19-16-28-10-4-1-5-11-28)37(39)45-35-26-23-33(21-18-30-14-8-3-9-15-30)42(40(35)46)47-36-27-24-32(38(44-34)41(36)46)20-17-29-12-6-2-7-13-29/h1-15,22-27H. The van der Waals surface area contributed by atoms with Gasteiger partial charge in [0.25, 0.3) is 0 Å². The Labute approximate surface area is 277 Å². The van der Waals surface area contributed by atoms with Gasteiger partial charge in [-0.15, -0.1) is 0 Å². The summed E-state index contributed by atoms with van der Waals surface area (Å²) in [6.45, 7) is 0. The van der Waals surface area contributed by atoms with E-state index in [1.165, 1.54) is 0 Å². The molecule has 0 aliphatic carbocycles. The molecular formula is C42H21O3PS. The second-order valence-electron chi connectivity index (χ2n) is 11.1. The van der Waals surface area contributed by atoms with Gasteiger partial charge in [0.1, 0.15) is 16.8 Å². The van der Waals surface area contributed by atoms with Gasteiger partial charge in [-0.05, 0) is 72.8 Å². The van der Waals surface area contributed by atoms with E-state index >= 15 is 4.57 Å². The van der Waals surface area contributed by atoms with Crippen LogP contribution in [0.15, 0.2) is 137 Å². The lowest BCUT2D eigenvalue weighted by Gasteiger charge is -2.39. The summed E-state index contributed by atoms with van der Waals surface area (Å²) in [4.78, 5) is 1.70. The minimum absolute atomic E-state index is 0.472. The lowest BCUT2D eigenvalue weighted by Crippen LogP contribution is -2.39. The van der Waals surface area contributed by atoms with Crippen molar-refractivity contribution in [2.45, 2.75) is 9.79 Å². The van der Waals surface area contributed by atoms with Crippen molar-refractivity contribution in [3.63, 3.8) is 0 Å². The van der Waals surface area contributed by atoms with Crippen molar-refractivity contribution < 1.29 is 14.0 Å². The summed E-state index contributed by atoms with van der Waals surface area (Å²) in [5.41, 5.74) is 4.80. The highest BCUT2D eigenvalue weighted by molar-refractivity contribution is 8.03. The van der Waals surface area contributed by atoms with Crippen molar-refractivity contribution in [1.82, 2.24) is 0 Å². The van der Waals surface area contributed by atoms with Crippen LogP contribution in [0.5, 0.6) is 23.0 Å². The van der Waals surface area contributed by atoms with E-state index in [0.717, 1.165) is 32.0 Å². The van der Waals surface area contributed by atoms with E-state index in [0.29, 0.717) is 50.0 Å². The Morgan fingerprint density at radius 2 is 0.894 bits per heavy atom. The first-order chi connectivity index (χ1) is 23.2. The van der Waals surface area contributed by atoms with E-state index in [9.17, 15) is 0 Å². The summed E-state index contributed by atoms with van der Waals surface area (Å²) in [6, 6.07) is 41.0.